The number of benzene rings is 1. The first-order chi connectivity index (χ1) is 9.61. The normalized spacial score (nSPS) is 11.0. The number of alkyl halides is 3. The van der Waals surface area contributed by atoms with Crippen molar-refractivity contribution in [1.29, 1.82) is 0 Å². The summed E-state index contributed by atoms with van der Waals surface area (Å²) in [5.74, 6) is -3.45. The van der Waals surface area contributed by atoms with Gasteiger partial charge in [-0.05, 0) is 12.1 Å². The molecule has 0 heterocycles. The maximum Gasteiger partial charge on any atom is 0.417 e. The van der Waals surface area contributed by atoms with Gasteiger partial charge in [-0.15, -0.1) is 0 Å². The van der Waals surface area contributed by atoms with E-state index in [4.69, 9.17) is 5.11 Å². The zero-order valence-electron chi connectivity index (χ0n) is 10.2. The van der Waals surface area contributed by atoms with Crippen LogP contribution < -0.4 is 0 Å². The lowest BCUT2D eigenvalue weighted by molar-refractivity contribution is -0.150. The predicted octanol–water partition coefficient (Wildman–Crippen LogP) is 2.67. The third-order valence-electron chi connectivity index (χ3n) is 2.25. The number of Topliss-reactive ketones (excluding diaryl/α,β-unsaturated/α-hetero) is 1. The molecule has 0 aromatic heterocycles. The number of esters is 1. The number of carboxylic acid groups (broad SMARTS) is 1. The van der Waals surface area contributed by atoms with Crippen LogP contribution in [0.25, 0.3) is 0 Å². The monoisotopic (exact) mass is 368 g/mol. The van der Waals surface area contributed by atoms with Gasteiger partial charge < -0.3 is 9.84 Å². The Hall–Kier alpha value is -1.90. The Morgan fingerprint density at radius 3 is 2.38 bits per heavy atom. The lowest BCUT2D eigenvalue weighted by atomic mass is 10.1. The summed E-state index contributed by atoms with van der Waals surface area (Å²) < 4.78 is 42.1. The van der Waals surface area contributed by atoms with E-state index in [1.165, 1.54) is 0 Å². The van der Waals surface area contributed by atoms with Gasteiger partial charge in [-0.2, -0.15) is 13.2 Å². The molecule has 5 nitrogen and oxygen atoms in total. The van der Waals surface area contributed by atoms with E-state index in [1.807, 2.05) is 0 Å². The van der Waals surface area contributed by atoms with Crippen LogP contribution in [0.3, 0.4) is 0 Å². The minimum Gasteiger partial charge on any atom is -0.481 e. The van der Waals surface area contributed by atoms with Crippen LogP contribution in [0.5, 0.6) is 0 Å². The van der Waals surface area contributed by atoms with Crippen LogP contribution in [-0.2, 0) is 20.5 Å². The molecular weight excluding hydrogens is 361 g/mol. The highest BCUT2D eigenvalue weighted by Crippen LogP contribution is 2.35. The van der Waals surface area contributed by atoms with Crippen molar-refractivity contribution in [1.82, 2.24) is 0 Å². The molecule has 1 aromatic rings. The van der Waals surface area contributed by atoms with Gasteiger partial charge in [-0.25, -0.2) is 0 Å². The summed E-state index contributed by atoms with van der Waals surface area (Å²) >= 11 is 2.72. The average molecular weight is 369 g/mol. The van der Waals surface area contributed by atoms with E-state index in [2.05, 4.69) is 20.7 Å². The van der Waals surface area contributed by atoms with Crippen molar-refractivity contribution in [3.63, 3.8) is 0 Å². The Balaban J connectivity index is 2.80. The summed E-state index contributed by atoms with van der Waals surface area (Å²) in [7, 11) is 0. The largest absolute Gasteiger partial charge is 0.481 e. The highest BCUT2D eigenvalue weighted by molar-refractivity contribution is 9.10. The number of carbonyl (C=O) groups is 3. The molecule has 0 unspecified atom stereocenters. The van der Waals surface area contributed by atoms with Gasteiger partial charge in [0.05, 0.1) is 5.56 Å². The zero-order chi connectivity index (χ0) is 16.2. The van der Waals surface area contributed by atoms with Crippen LogP contribution in [-0.4, -0.2) is 29.4 Å². The van der Waals surface area contributed by atoms with Gasteiger partial charge in [0.1, 0.15) is 6.42 Å². The Morgan fingerprint density at radius 2 is 1.86 bits per heavy atom. The minimum atomic E-state index is -4.64. The highest BCUT2D eigenvalue weighted by atomic mass is 79.9. The maximum absolute atomic E-state index is 12.7. The van der Waals surface area contributed by atoms with Crippen molar-refractivity contribution in [2.24, 2.45) is 0 Å². The highest BCUT2D eigenvalue weighted by Gasteiger charge is 2.33. The fraction of sp³-hybridized carbons (Fsp3) is 0.250. The number of rotatable bonds is 5. The maximum atomic E-state index is 12.7. The molecule has 0 amide bonds. The molecule has 0 saturated carbocycles. The summed E-state index contributed by atoms with van der Waals surface area (Å²) in [5, 5.41) is 8.31. The second-order valence-electron chi connectivity index (χ2n) is 3.85. The van der Waals surface area contributed by atoms with E-state index in [-0.39, 0.29) is 10.0 Å². The molecule has 0 spiro atoms. The number of hydrogen-bond donors (Lipinski definition) is 1. The molecule has 0 aliphatic heterocycles. The standard InChI is InChI=1S/C12H8BrF3O5/c13-8-2-1-6(3-7(8)12(14,15)16)9(17)5-21-11(20)4-10(18)19/h1-3H,4-5H2,(H,18,19). The van der Waals surface area contributed by atoms with Crippen molar-refractivity contribution in [2.75, 3.05) is 6.61 Å². The molecule has 9 heteroatoms. The number of halogens is 4. The van der Waals surface area contributed by atoms with Crippen molar-refractivity contribution < 1.29 is 37.4 Å². The first-order valence-corrected chi connectivity index (χ1v) is 6.18. The van der Waals surface area contributed by atoms with Crippen LogP contribution in [0.15, 0.2) is 22.7 Å². The molecule has 1 N–H and O–H groups in total. The van der Waals surface area contributed by atoms with Gasteiger partial charge in [0.15, 0.2) is 12.4 Å². The predicted molar refractivity (Wildman–Crippen MR) is 66.7 cm³/mol. The van der Waals surface area contributed by atoms with Crippen LogP contribution in [0.4, 0.5) is 13.2 Å². The molecule has 1 rings (SSSR count). The number of carbonyl (C=O) groups excluding carboxylic acids is 2. The van der Waals surface area contributed by atoms with E-state index in [0.717, 1.165) is 12.1 Å². The van der Waals surface area contributed by atoms with Crippen LogP contribution >= 0.6 is 15.9 Å². The molecule has 21 heavy (non-hydrogen) atoms. The SMILES string of the molecule is O=C(O)CC(=O)OCC(=O)c1ccc(Br)c(C(F)(F)F)c1. The van der Waals surface area contributed by atoms with Gasteiger partial charge in [0, 0.05) is 10.0 Å². The molecule has 0 bridgehead atoms. The third-order valence-corrected chi connectivity index (χ3v) is 2.95. The molecule has 0 atom stereocenters. The molecule has 0 radical (unpaired) electrons. The summed E-state index contributed by atoms with van der Waals surface area (Å²) in [4.78, 5) is 32.7. The fourth-order valence-electron chi connectivity index (χ4n) is 1.32. The van der Waals surface area contributed by atoms with Crippen LogP contribution in [0, 0.1) is 0 Å². The summed E-state index contributed by atoms with van der Waals surface area (Å²) in [6.45, 7) is -0.828. The van der Waals surface area contributed by atoms with Crippen molar-refractivity contribution in [2.45, 2.75) is 12.6 Å². The number of ketones is 1. The molecular formula is C12H8BrF3O5. The van der Waals surface area contributed by atoms with E-state index < -0.39 is 42.5 Å². The fourth-order valence-corrected chi connectivity index (χ4v) is 1.79. The minimum absolute atomic E-state index is 0.227. The first kappa shape index (κ1) is 17.2. The Kier molecular flexibility index (Phi) is 5.47. The van der Waals surface area contributed by atoms with E-state index in [9.17, 15) is 27.6 Å². The quantitative estimate of drug-likeness (QED) is 0.491. The van der Waals surface area contributed by atoms with E-state index >= 15 is 0 Å². The second-order valence-corrected chi connectivity index (χ2v) is 4.70. The average Bonchev–Trinajstić information content (AvgIpc) is 2.34. The van der Waals surface area contributed by atoms with E-state index in [1.54, 1.807) is 0 Å². The second kappa shape index (κ2) is 6.70. The Labute approximate surface area is 124 Å². The number of hydrogen-bond acceptors (Lipinski definition) is 4. The molecule has 0 aliphatic carbocycles. The van der Waals surface area contributed by atoms with Gasteiger partial charge in [0.2, 0.25) is 0 Å². The Bertz CT molecular complexity index is 583. The first-order valence-electron chi connectivity index (χ1n) is 5.38. The van der Waals surface area contributed by atoms with Crippen molar-refractivity contribution in [3.05, 3.63) is 33.8 Å². The summed E-state index contributed by atoms with van der Waals surface area (Å²) in [6.07, 6.45) is -5.57. The number of aliphatic carboxylic acids is 1. The lowest BCUT2D eigenvalue weighted by Gasteiger charge is -2.10. The van der Waals surface area contributed by atoms with Crippen LogP contribution in [0.1, 0.15) is 22.3 Å². The zero-order valence-corrected chi connectivity index (χ0v) is 11.8. The van der Waals surface area contributed by atoms with Crippen molar-refractivity contribution in [3.8, 4) is 0 Å². The van der Waals surface area contributed by atoms with Crippen LogP contribution in [0.2, 0.25) is 0 Å². The topological polar surface area (TPSA) is 80.7 Å². The summed E-state index contributed by atoms with van der Waals surface area (Å²) in [5.41, 5.74) is -1.33. The lowest BCUT2D eigenvalue weighted by Crippen LogP contribution is -2.17. The smallest absolute Gasteiger partial charge is 0.417 e. The van der Waals surface area contributed by atoms with Crippen molar-refractivity contribution >= 4 is 33.7 Å². The molecule has 0 saturated heterocycles. The van der Waals surface area contributed by atoms with E-state index in [0.29, 0.717) is 6.07 Å². The molecule has 114 valence electrons. The Morgan fingerprint density at radius 1 is 1.24 bits per heavy atom. The van der Waals surface area contributed by atoms with Gasteiger partial charge >= 0.3 is 18.1 Å². The van der Waals surface area contributed by atoms with Gasteiger partial charge in [-0.3, -0.25) is 14.4 Å². The van der Waals surface area contributed by atoms with Gasteiger partial charge in [-0.1, -0.05) is 22.0 Å². The summed E-state index contributed by atoms with van der Waals surface area (Å²) in [6, 6.07) is 2.80. The number of ether oxygens (including phenoxy) is 1. The molecule has 1 aromatic carbocycles. The molecule has 0 fully saturated rings. The van der Waals surface area contributed by atoms with Gasteiger partial charge in [0.25, 0.3) is 0 Å². The molecule has 0 aliphatic rings. The number of carboxylic acids is 1. The third kappa shape index (κ3) is 5.18.